The van der Waals surface area contributed by atoms with E-state index in [-0.39, 0.29) is 28.9 Å². The molecule has 1 fully saturated rings. The molecule has 0 amide bonds. The fourth-order valence-electron chi connectivity index (χ4n) is 3.28. The maximum atomic E-state index is 12.6. The lowest BCUT2D eigenvalue weighted by Crippen LogP contribution is -2.11. The Hall–Kier alpha value is -3.48. The molecule has 7 nitrogen and oxygen atoms in total. The van der Waals surface area contributed by atoms with E-state index >= 15 is 0 Å². The fraction of sp³-hybridized carbons (Fsp3) is 0.200. The first-order chi connectivity index (χ1) is 13.0. The zero-order valence-electron chi connectivity index (χ0n) is 14.7. The van der Waals surface area contributed by atoms with Gasteiger partial charge in [-0.1, -0.05) is 30.3 Å². The molecule has 2 unspecified atom stereocenters. The normalized spacial score (nSPS) is 18.1. The van der Waals surface area contributed by atoms with Crippen LogP contribution in [0.1, 0.15) is 34.1 Å². The minimum Gasteiger partial charge on any atom is -0.376 e. The highest BCUT2D eigenvalue weighted by molar-refractivity contribution is 6.07. The van der Waals surface area contributed by atoms with E-state index in [1.807, 2.05) is 18.2 Å². The predicted octanol–water partition coefficient (Wildman–Crippen LogP) is 3.53. The van der Waals surface area contributed by atoms with Crippen LogP contribution in [0.3, 0.4) is 0 Å². The second-order valence-electron chi connectivity index (χ2n) is 6.68. The second-order valence-corrected chi connectivity index (χ2v) is 6.68. The van der Waals surface area contributed by atoms with E-state index in [1.54, 1.807) is 29.9 Å². The van der Waals surface area contributed by atoms with E-state index in [0.29, 0.717) is 11.6 Å². The number of rotatable bonds is 6. The number of nitro benzene ring substituents is 1. The van der Waals surface area contributed by atoms with Gasteiger partial charge in [0.25, 0.3) is 5.69 Å². The van der Waals surface area contributed by atoms with Crippen LogP contribution in [0.5, 0.6) is 0 Å². The standard InChI is InChI=1S/C20H18N4O3/c1-23-10-9-21-20(23)19(25)14-7-8-16(18(11-14)24(26)27)22-17-12-15(17)13-5-3-2-4-6-13/h2-11,15,17,22H,12H2,1H3. The molecule has 4 rings (SSSR count). The summed E-state index contributed by atoms with van der Waals surface area (Å²) in [7, 11) is 1.71. The fourth-order valence-corrected chi connectivity index (χ4v) is 3.28. The van der Waals surface area contributed by atoms with Crippen molar-refractivity contribution in [3.05, 3.63) is 88.0 Å². The van der Waals surface area contributed by atoms with Gasteiger partial charge in [-0.15, -0.1) is 0 Å². The van der Waals surface area contributed by atoms with Crippen molar-refractivity contribution in [1.29, 1.82) is 0 Å². The van der Waals surface area contributed by atoms with E-state index in [1.165, 1.54) is 17.8 Å². The Morgan fingerprint density at radius 1 is 1.26 bits per heavy atom. The topological polar surface area (TPSA) is 90.1 Å². The smallest absolute Gasteiger partial charge is 0.293 e. The Labute approximate surface area is 155 Å². The molecule has 1 aliphatic rings. The van der Waals surface area contributed by atoms with Crippen molar-refractivity contribution in [2.24, 2.45) is 7.05 Å². The van der Waals surface area contributed by atoms with Gasteiger partial charge in [0.1, 0.15) is 5.69 Å². The van der Waals surface area contributed by atoms with Gasteiger partial charge in [0, 0.05) is 43.0 Å². The van der Waals surface area contributed by atoms with Crippen molar-refractivity contribution in [3.63, 3.8) is 0 Å². The summed E-state index contributed by atoms with van der Waals surface area (Å²) in [5.41, 5.74) is 1.80. The molecule has 1 heterocycles. The molecule has 27 heavy (non-hydrogen) atoms. The lowest BCUT2D eigenvalue weighted by molar-refractivity contribution is -0.384. The molecule has 3 aromatic rings. The maximum absolute atomic E-state index is 12.6. The third-order valence-electron chi connectivity index (χ3n) is 4.84. The van der Waals surface area contributed by atoms with Crippen LogP contribution >= 0.6 is 0 Å². The molecule has 7 heteroatoms. The highest BCUT2D eigenvalue weighted by atomic mass is 16.6. The first-order valence-corrected chi connectivity index (χ1v) is 8.66. The average Bonchev–Trinajstić information content (AvgIpc) is 3.31. The van der Waals surface area contributed by atoms with Crippen LogP contribution < -0.4 is 5.32 Å². The molecule has 0 saturated heterocycles. The van der Waals surface area contributed by atoms with E-state index in [4.69, 9.17) is 0 Å². The van der Waals surface area contributed by atoms with Crippen LogP contribution in [0.2, 0.25) is 0 Å². The number of carbonyl (C=O) groups excluding carboxylic acids is 1. The summed E-state index contributed by atoms with van der Waals surface area (Å²) in [5.74, 6) is 0.252. The maximum Gasteiger partial charge on any atom is 0.293 e. The largest absolute Gasteiger partial charge is 0.376 e. The van der Waals surface area contributed by atoms with Gasteiger partial charge >= 0.3 is 0 Å². The number of hydrogen-bond donors (Lipinski definition) is 1. The summed E-state index contributed by atoms with van der Waals surface area (Å²) in [6.07, 6.45) is 4.11. The predicted molar refractivity (Wildman–Crippen MR) is 101 cm³/mol. The molecule has 2 aromatic carbocycles. The van der Waals surface area contributed by atoms with E-state index in [9.17, 15) is 14.9 Å². The molecule has 1 N–H and O–H groups in total. The molecule has 1 saturated carbocycles. The average molecular weight is 362 g/mol. The molecule has 0 radical (unpaired) electrons. The zero-order chi connectivity index (χ0) is 19.0. The van der Waals surface area contributed by atoms with Gasteiger partial charge in [-0.05, 0) is 24.1 Å². The number of carbonyl (C=O) groups is 1. The number of ketones is 1. The van der Waals surface area contributed by atoms with Crippen molar-refractivity contribution < 1.29 is 9.72 Å². The van der Waals surface area contributed by atoms with E-state index in [0.717, 1.165) is 6.42 Å². The Bertz CT molecular complexity index is 1010. The summed E-state index contributed by atoms with van der Waals surface area (Å²) >= 11 is 0. The quantitative estimate of drug-likeness (QED) is 0.412. The Morgan fingerprint density at radius 3 is 2.70 bits per heavy atom. The van der Waals surface area contributed by atoms with Crippen LogP contribution in [0.4, 0.5) is 11.4 Å². The number of anilines is 1. The number of nitro groups is 1. The van der Waals surface area contributed by atoms with Gasteiger partial charge in [-0.25, -0.2) is 4.98 Å². The van der Waals surface area contributed by atoms with Gasteiger partial charge < -0.3 is 9.88 Å². The summed E-state index contributed by atoms with van der Waals surface area (Å²) < 4.78 is 1.59. The molecule has 0 spiro atoms. The number of hydrogen-bond acceptors (Lipinski definition) is 5. The van der Waals surface area contributed by atoms with Crippen molar-refractivity contribution in [3.8, 4) is 0 Å². The Balaban J connectivity index is 1.57. The molecular formula is C20H18N4O3. The Morgan fingerprint density at radius 2 is 2.04 bits per heavy atom. The monoisotopic (exact) mass is 362 g/mol. The molecule has 1 aromatic heterocycles. The second kappa shape index (κ2) is 6.68. The molecular weight excluding hydrogens is 344 g/mol. The first-order valence-electron chi connectivity index (χ1n) is 8.66. The highest BCUT2D eigenvalue weighted by Gasteiger charge is 2.39. The zero-order valence-corrected chi connectivity index (χ0v) is 14.7. The van der Waals surface area contributed by atoms with Crippen molar-refractivity contribution in [2.75, 3.05) is 5.32 Å². The van der Waals surface area contributed by atoms with Crippen LogP contribution in [-0.2, 0) is 7.05 Å². The number of aryl methyl sites for hydroxylation is 1. The minimum atomic E-state index is -0.461. The van der Waals surface area contributed by atoms with Gasteiger partial charge in [-0.2, -0.15) is 0 Å². The first kappa shape index (κ1) is 17.0. The lowest BCUT2D eigenvalue weighted by Gasteiger charge is -2.09. The number of aromatic nitrogens is 2. The van der Waals surface area contributed by atoms with Gasteiger partial charge in [0.15, 0.2) is 5.82 Å². The Kier molecular flexibility index (Phi) is 4.19. The molecule has 1 aliphatic carbocycles. The van der Waals surface area contributed by atoms with Gasteiger partial charge in [0.2, 0.25) is 5.78 Å². The van der Waals surface area contributed by atoms with E-state index in [2.05, 4.69) is 22.4 Å². The van der Waals surface area contributed by atoms with Crippen molar-refractivity contribution in [1.82, 2.24) is 9.55 Å². The summed E-state index contributed by atoms with van der Waals surface area (Å²) in [5, 5.41) is 14.8. The van der Waals surface area contributed by atoms with Crippen molar-refractivity contribution in [2.45, 2.75) is 18.4 Å². The third-order valence-corrected chi connectivity index (χ3v) is 4.84. The highest BCUT2D eigenvalue weighted by Crippen LogP contribution is 2.44. The van der Waals surface area contributed by atoms with Crippen LogP contribution in [0, 0.1) is 10.1 Å². The molecule has 0 bridgehead atoms. The number of nitrogens with one attached hydrogen (secondary N) is 1. The molecule has 0 aliphatic heterocycles. The van der Waals surface area contributed by atoms with Crippen LogP contribution in [0.15, 0.2) is 60.9 Å². The summed E-state index contributed by atoms with van der Waals surface area (Å²) in [6, 6.07) is 14.8. The number of benzene rings is 2. The van der Waals surface area contributed by atoms with Gasteiger partial charge in [0.05, 0.1) is 4.92 Å². The van der Waals surface area contributed by atoms with Crippen LogP contribution in [-0.4, -0.2) is 26.3 Å². The third kappa shape index (κ3) is 3.31. The number of nitrogens with zero attached hydrogens (tertiary/aromatic N) is 3. The molecule has 2 atom stereocenters. The SMILES string of the molecule is Cn1ccnc1C(=O)c1ccc(NC2CC2c2ccccc2)c([N+](=O)[O-])c1. The summed E-state index contributed by atoms with van der Waals surface area (Å²) in [6.45, 7) is 0. The molecule has 136 valence electrons. The lowest BCUT2D eigenvalue weighted by atomic mass is 10.1. The minimum absolute atomic E-state index is 0.103. The summed E-state index contributed by atoms with van der Waals surface area (Å²) in [4.78, 5) is 27.7. The van der Waals surface area contributed by atoms with Crippen LogP contribution in [0.25, 0.3) is 0 Å². The van der Waals surface area contributed by atoms with Gasteiger partial charge in [-0.3, -0.25) is 14.9 Å². The van der Waals surface area contributed by atoms with Crippen molar-refractivity contribution >= 4 is 17.2 Å². The van der Waals surface area contributed by atoms with E-state index < -0.39 is 4.92 Å². The number of imidazole rings is 1.